The van der Waals surface area contributed by atoms with E-state index in [-0.39, 0.29) is 5.41 Å². The largest absolute Gasteiger partial charge is 0.481 e. The SMILES string of the molecule is CN1CCC(CC(=O)O)C1CC(C)(C)C. The highest BCUT2D eigenvalue weighted by Gasteiger charge is 2.35. The maximum absolute atomic E-state index is 10.8. The number of carbonyl (C=O) groups is 1. The average Bonchev–Trinajstić information content (AvgIpc) is 2.32. The highest BCUT2D eigenvalue weighted by Crippen LogP contribution is 2.34. The lowest BCUT2D eigenvalue weighted by Gasteiger charge is -2.31. The van der Waals surface area contributed by atoms with Crippen molar-refractivity contribution in [3.8, 4) is 0 Å². The summed E-state index contributed by atoms with van der Waals surface area (Å²) in [6.45, 7) is 7.70. The van der Waals surface area contributed by atoms with Gasteiger partial charge in [0.15, 0.2) is 0 Å². The molecular formula is C12H23NO2. The Labute approximate surface area is 92.5 Å². The van der Waals surface area contributed by atoms with Crippen LogP contribution >= 0.6 is 0 Å². The fraction of sp³-hybridized carbons (Fsp3) is 0.917. The van der Waals surface area contributed by atoms with E-state index >= 15 is 0 Å². The number of hydrogen-bond acceptors (Lipinski definition) is 2. The minimum Gasteiger partial charge on any atom is -0.481 e. The van der Waals surface area contributed by atoms with Crippen molar-refractivity contribution in [1.82, 2.24) is 4.90 Å². The van der Waals surface area contributed by atoms with E-state index in [4.69, 9.17) is 5.11 Å². The summed E-state index contributed by atoms with van der Waals surface area (Å²) in [5, 5.41) is 8.86. The van der Waals surface area contributed by atoms with Gasteiger partial charge in [-0.05, 0) is 37.8 Å². The molecule has 88 valence electrons. The number of hydrogen-bond donors (Lipinski definition) is 1. The summed E-state index contributed by atoms with van der Waals surface area (Å²) >= 11 is 0. The van der Waals surface area contributed by atoms with Gasteiger partial charge in [-0.3, -0.25) is 4.79 Å². The quantitative estimate of drug-likeness (QED) is 0.781. The van der Waals surface area contributed by atoms with Crippen molar-refractivity contribution >= 4 is 5.97 Å². The number of aliphatic carboxylic acids is 1. The van der Waals surface area contributed by atoms with Gasteiger partial charge in [-0.25, -0.2) is 0 Å². The van der Waals surface area contributed by atoms with Crippen LogP contribution in [0.3, 0.4) is 0 Å². The molecule has 1 rings (SSSR count). The van der Waals surface area contributed by atoms with Crippen molar-refractivity contribution < 1.29 is 9.90 Å². The molecule has 0 aromatic heterocycles. The maximum Gasteiger partial charge on any atom is 0.303 e. The first kappa shape index (κ1) is 12.5. The number of rotatable bonds is 3. The van der Waals surface area contributed by atoms with Gasteiger partial charge >= 0.3 is 5.97 Å². The molecule has 0 aliphatic carbocycles. The van der Waals surface area contributed by atoms with Crippen LogP contribution < -0.4 is 0 Å². The van der Waals surface area contributed by atoms with Gasteiger partial charge in [0.2, 0.25) is 0 Å². The number of likely N-dealkylation sites (tertiary alicyclic amines) is 1. The molecule has 0 aromatic carbocycles. The summed E-state index contributed by atoms with van der Waals surface area (Å²) in [5.74, 6) is -0.319. The van der Waals surface area contributed by atoms with Gasteiger partial charge in [-0.1, -0.05) is 20.8 Å². The second kappa shape index (κ2) is 4.52. The first-order valence-corrected chi connectivity index (χ1v) is 5.71. The molecule has 1 aliphatic rings. The zero-order valence-corrected chi connectivity index (χ0v) is 10.3. The highest BCUT2D eigenvalue weighted by atomic mass is 16.4. The Kier molecular flexibility index (Phi) is 3.77. The molecule has 0 amide bonds. The minimum atomic E-state index is -0.658. The molecule has 0 spiro atoms. The summed E-state index contributed by atoms with van der Waals surface area (Å²) in [6.07, 6.45) is 2.44. The Balaban J connectivity index is 2.60. The normalized spacial score (nSPS) is 28.3. The van der Waals surface area contributed by atoms with E-state index in [1.54, 1.807) is 0 Å². The predicted molar refractivity (Wildman–Crippen MR) is 60.8 cm³/mol. The summed E-state index contributed by atoms with van der Waals surface area (Å²) < 4.78 is 0. The lowest BCUT2D eigenvalue weighted by Crippen LogP contribution is -2.34. The third-order valence-corrected chi connectivity index (χ3v) is 3.22. The van der Waals surface area contributed by atoms with Gasteiger partial charge in [-0.15, -0.1) is 0 Å². The van der Waals surface area contributed by atoms with Crippen LogP contribution in [-0.2, 0) is 4.79 Å². The Morgan fingerprint density at radius 1 is 1.47 bits per heavy atom. The fourth-order valence-corrected chi connectivity index (χ4v) is 2.50. The smallest absolute Gasteiger partial charge is 0.303 e. The fourth-order valence-electron chi connectivity index (χ4n) is 2.50. The topological polar surface area (TPSA) is 40.5 Å². The third-order valence-electron chi connectivity index (χ3n) is 3.22. The van der Waals surface area contributed by atoms with Gasteiger partial charge < -0.3 is 10.0 Å². The average molecular weight is 213 g/mol. The van der Waals surface area contributed by atoms with Gasteiger partial charge in [0.05, 0.1) is 0 Å². The predicted octanol–water partition coefficient (Wildman–Crippen LogP) is 2.22. The first-order chi connectivity index (χ1) is 6.79. The molecule has 2 atom stereocenters. The first-order valence-electron chi connectivity index (χ1n) is 5.71. The van der Waals surface area contributed by atoms with Crippen LogP contribution in [0.4, 0.5) is 0 Å². The maximum atomic E-state index is 10.8. The van der Waals surface area contributed by atoms with Crippen LogP contribution in [0.5, 0.6) is 0 Å². The van der Waals surface area contributed by atoms with Crippen LogP contribution in [0.15, 0.2) is 0 Å². The molecule has 1 saturated heterocycles. The van der Waals surface area contributed by atoms with Crippen molar-refractivity contribution in [3.05, 3.63) is 0 Å². The second-order valence-corrected chi connectivity index (χ2v) is 5.96. The molecule has 1 N–H and O–H groups in total. The zero-order chi connectivity index (χ0) is 11.6. The monoisotopic (exact) mass is 213 g/mol. The lowest BCUT2D eigenvalue weighted by atomic mass is 9.82. The molecule has 0 saturated carbocycles. The molecule has 1 aliphatic heterocycles. The van der Waals surface area contributed by atoms with Crippen molar-refractivity contribution in [3.63, 3.8) is 0 Å². The summed E-state index contributed by atoms with van der Waals surface area (Å²) in [7, 11) is 2.11. The van der Waals surface area contributed by atoms with E-state index in [1.807, 2.05) is 0 Å². The Hall–Kier alpha value is -0.570. The molecule has 1 heterocycles. The molecule has 0 aromatic rings. The van der Waals surface area contributed by atoms with E-state index in [0.29, 0.717) is 18.4 Å². The van der Waals surface area contributed by atoms with Crippen LogP contribution in [0.2, 0.25) is 0 Å². The summed E-state index contributed by atoms with van der Waals surface area (Å²) in [6, 6.07) is 0.445. The third kappa shape index (κ3) is 3.82. The van der Waals surface area contributed by atoms with Crippen LogP contribution in [0, 0.1) is 11.3 Å². The van der Waals surface area contributed by atoms with Gasteiger partial charge in [0.25, 0.3) is 0 Å². The van der Waals surface area contributed by atoms with Crippen LogP contribution in [0.1, 0.15) is 40.0 Å². The zero-order valence-electron chi connectivity index (χ0n) is 10.3. The Bertz CT molecular complexity index is 232. The number of carboxylic acids is 1. The van der Waals surface area contributed by atoms with Gasteiger partial charge in [-0.2, -0.15) is 0 Å². The molecule has 0 radical (unpaired) electrons. The number of carboxylic acid groups (broad SMARTS) is 1. The molecule has 0 bridgehead atoms. The molecule has 3 nitrogen and oxygen atoms in total. The molecule has 2 unspecified atom stereocenters. The van der Waals surface area contributed by atoms with E-state index in [9.17, 15) is 4.79 Å². The Morgan fingerprint density at radius 2 is 2.07 bits per heavy atom. The molecule has 15 heavy (non-hydrogen) atoms. The highest BCUT2D eigenvalue weighted by molar-refractivity contribution is 5.67. The van der Waals surface area contributed by atoms with Crippen LogP contribution in [0.25, 0.3) is 0 Å². The standard InChI is InChI=1S/C12H23NO2/c1-12(2,3)8-10-9(7-11(14)15)5-6-13(10)4/h9-10H,5-8H2,1-4H3,(H,14,15). The van der Waals surface area contributed by atoms with Gasteiger partial charge in [0, 0.05) is 12.5 Å². The van der Waals surface area contributed by atoms with Crippen molar-refractivity contribution in [2.24, 2.45) is 11.3 Å². The summed E-state index contributed by atoms with van der Waals surface area (Å²) in [5.41, 5.74) is 0.278. The second-order valence-electron chi connectivity index (χ2n) is 5.96. The molecule has 3 heteroatoms. The number of nitrogens with zero attached hydrogens (tertiary/aromatic N) is 1. The molecule has 1 fully saturated rings. The van der Waals surface area contributed by atoms with Crippen molar-refractivity contribution in [2.75, 3.05) is 13.6 Å². The summed E-state index contributed by atoms with van der Waals surface area (Å²) in [4.78, 5) is 13.1. The van der Waals surface area contributed by atoms with E-state index < -0.39 is 5.97 Å². The molecular weight excluding hydrogens is 190 g/mol. The van der Waals surface area contributed by atoms with Crippen molar-refractivity contribution in [1.29, 1.82) is 0 Å². The van der Waals surface area contributed by atoms with Crippen molar-refractivity contribution in [2.45, 2.75) is 46.1 Å². The Morgan fingerprint density at radius 3 is 2.53 bits per heavy atom. The van der Waals surface area contributed by atoms with E-state index in [1.165, 1.54) is 0 Å². The van der Waals surface area contributed by atoms with Gasteiger partial charge in [0.1, 0.15) is 0 Å². The minimum absolute atomic E-state index is 0.278. The van der Waals surface area contributed by atoms with E-state index in [2.05, 4.69) is 32.7 Å². The van der Waals surface area contributed by atoms with Crippen LogP contribution in [-0.4, -0.2) is 35.6 Å². The van der Waals surface area contributed by atoms with E-state index in [0.717, 1.165) is 19.4 Å². The lowest BCUT2D eigenvalue weighted by molar-refractivity contribution is -0.138.